The third kappa shape index (κ3) is 1.75. The van der Waals surface area contributed by atoms with Crippen LogP contribution in [-0.4, -0.2) is 18.5 Å². The van der Waals surface area contributed by atoms with Gasteiger partial charge in [-0.1, -0.05) is 5.92 Å². The largest absolute Gasteiger partial charge is 0.337 e. The van der Waals surface area contributed by atoms with Gasteiger partial charge in [0.05, 0.1) is 5.69 Å². The number of carbonyl (C=O) groups excluding carboxylic acids is 2. The molecule has 4 nitrogen and oxygen atoms in total. The first kappa shape index (κ1) is 10.2. The van der Waals surface area contributed by atoms with E-state index < -0.39 is 0 Å². The van der Waals surface area contributed by atoms with E-state index in [1.807, 2.05) is 0 Å². The predicted molar refractivity (Wildman–Crippen MR) is 59.9 cm³/mol. The Morgan fingerprint density at radius 3 is 2.50 bits per heavy atom. The van der Waals surface area contributed by atoms with Crippen molar-refractivity contribution in [1.29, 1.82) is 0 Å². The van der Waals surface area contributed by atoms with E-state index in [1.165, 1.54) is 0 Å². The molecule has 1 aliphatic rings. The summed E-state index contributed by atoms with van der Waals surface area (Å²) in [6.45, 7) is 0.399. The highest BCUT2D eigenvalue weighted by Crippen LogP contribution is 2.17. The van der Waals surface area contributed by atoms with Crippen molar-refractivity contribution in [1.82, 2.24) is 5.32 Å². The summed E-state index contributed by atoms with van der Waals surface area (Å²) in [7, 11) is 0. The maximum Gasteiger partial charge on any atom is 0.328 e. The summed E-state index contributed by atoms with van der Waals surface area (Å²) >= 11 is 0. The molecule has 0 saturated carbocycles. The van der Waals surface area contributed by atoms with E-state index in [0.717, 1.165) is 4.90 Å². The van der Waals surface area contributed by atoms with Crippen LogP contribution in [0.15, 0.2) is 24.3 Å². The second kappa shape index (κ2) is 4.07. The smallest absolute Gasteiger partial charge is 0.328 e. The van der Waals surface area contributed by atoms with E-state index >= 15 is 0 Å². The molecule has 1 heterocycles. The van der Waals surface area contributed by atoms with Crippen molar-refractivity contribution >= 4 is 17.6 Å². The van der Waals surface area contributed by atoms with Crippen molar-refractivity contribution in [2.45, 2.75) is 6.42 Å². The molecule has 1 aromatic carbocycles. The average molecular weight is 214 g/mol. The van der Waals surface area contributed by atoms with Crippen LogP contribution in [0.3, 0.4) is 0 Å². The molecule has 0 aliphatic carbocycles. The van der Waals surface area contributed by atoms with Gasteiger partial charge >= 0.3 is 6.03 Å². The number of terminal acetylenes is 1. The molecule has 1 fully saturated rings. The molecule has 16 heavy (non-hydrogen) atoms. The minimum Gasteiger partial charge on any atom is -0.337 e. The zero-order valence-electron chi connectivity index (χ0n) is 8.56. The van der Waals surface area contributed by atoms with Gasteiger partial charge in [-0.05, 0) is 24.3 Å². The zero-order valence-corrected chi connectivity index (χ0v) is 8.56. The molecule has 4 heteroatoms. The molecule has 2 rings (SSSR count). The van der Waals surface area contributed by atoms with Crippen molar-refractivity contribution < 1.29 is 9.59 Å². The Labute approximate surface area is 93.2 Å². The number of benzene rings is 1. The van der Waals surface area contributed by atoms with Crippen molar-refractivity contribution in [2.75, 3.05) is 11.4 Å². The average Bonchev–Trinajstić information content (AvgIpc) is 2.30. The molecule has 0 aromatic heterocycles. The van der Waals surface area contributed by atoms with Crippen molar-refractivity contribution in [3.05, 3.63) is 29.8 Å². The van der Waals surface area contributed by atoms with Gasteiger partial charge < -0.3 is 5.32 Å². The summed E-state index contributed by atoms with van der Waals surface area (Å²) in [5, 5.41) is 2.62. The summed E-state index contributed by atoms with van der Waals surface area (Å²) in [6, 6.07) is 6.34. The lowest BCUT2D eigenvalue weighted by Gasteiger charge is -2.25. The van der Waals surface area contributed by atoms with Crippen LogP contribution in [0.2, 0.25) is 0 Å². The van der Waals surface area contributed by atoms with Gasteiger partial charge in [0.2, 0.25) is 5.91 Å². The Morgan fingerprint density at radius 2 is 1.94 bits per heavy atom. The highest BCUT2D eigenvalue weighted by Gasteiger charge is 2.26. The SMILES string of the molecule is C#Cc1ccc(N2C(=O)CCNC2=O)cc1. The lowest BCUT2D eigenvalue weighted by Crippen LogP contribution is -2.50. The number of hydrogen-bond donors (Lipinski definition) is 1. The van der Waals surface area contributed by atoms with Gasteiger partial charge in [0, 0.05) is 18.5 Å². The minimum absolute atomic E-state index is 0.197. The van der Waals surface area contributed by atoms with Crippen LogP contribution in [0.5, 0.6) is 0 Å². The molecule has 80 valence electrons. The second-order valence-electron chi connectivity index (χ2n) is 3.40. The Bertz CT molecular complexity index is 455. The molecule has 0 radical (unpaired) electrons. The van der Waals surface area contributed by atoms with Crippen LogP contribution in [0.25, 0.3) is 0 Å². The Kier molecular flexibility index (Phi) is 2.61. The molecular formula is C12H10N2O2. The molecule has 0 bridgehead atoms. The van der Waals surface area contributed by atoms with E-state index in [0.29, 0.717) is 24.2 Å². The van der Waals surface area contributed by atoms with E-state index in [1.54, 1.807) is 24.3 Å². The molecular weight excluding hydrogens is 204 g/mol. The molecule has 3 amide bonds. The fourth-order valence-electron chi connectivity index (χ4n) is 1.55. The van der Waals surface area contributed by atoms with Gasteiger partial charge in [-0.25, -0.2) is 9.69 Å². The topological polar surface area (TPSA) is 49.4 Å². The number of rotatable bonds is 1. The molecule has 0 atom stereocenters. The molecule has 1 aliphatic heterocycles. The number of anilines is 1. The maximum atomic E-state index is 11.6. The standard InChI is InChI=1S/C12H10N2O2/c1-2-9-3-5-10(6-4-9)14-11(15)7-8-13-12(14)16/h1,3-6H,7-8H2,(H,13,16). The first-order valence-corrected chi connectivity index (χ1v) is 4.90. The van der Waals surface area contributed by atoms with E-state index in [2.05, 4.69) is 11.2 Å². The molecule has 0 spiro atoms. The highest BCUT2D eigenvalue weighted by atomic mass is 16.2. The molecule has 1 saturated heterocycles. The number of hydrogen-bond acceptors (Lipinski definition) is 2. The normalized spacial score (nSPS) is 15.6. The van der Waals surface area contributed by atoms with Gasteiger partial charge in [0.15, 0.2) is 0 Å². The van der Waals surface area contributed by atoms with Gasteiger partial charge in [0.1, 0.15) is 0 Å². The molecule has 1 aromatic rings. The third-order valence-corrected chi connectivity index (χ3v) is 2.36. The lowest BCUT2D eigenvalue weighted by atomic mass is 10.2. The van der Waals surface area contributed by atoms with Crippen LogP contribution >= 0.6 is 0 Å². The summed E-state index contributed by atoms with van der Waals surface area (Å²) in [4.78, 5) is 24.2. The number of nitrogens with zero attached hydrogens (tertiary/aromatic N) is 1. The van der Waals surface area contributed by atoms with Crippen LogP contribution < -0.4 is 10.2 Å². The van der Waals surface area contributed by atoms with E-state index in [-0.39, 0.29) is 11.9 Å². The van der Waals surface area contributed by atoms with Gasteiger partial charge in [0.25, 0.3) is 0 Å². The Hall–Kier alpha value is -2.28. The van der Waals surface area contributed by atoms with E-state index in [4.69, 9.17) is 6.42 Å². The molecule has 1 N–H and O–H groups in total. The van der Waals surface area contributed by atoms with Crippen LogP contribution in [-0.2, 0) is 4.79 Å². The van der Waals surface area contributed by atoms with Crippen molar-refractivity contribution in [3.8, 4) is 12.3 Å². The summed E-state index contributed by atoms with van der Waals surface area (Å²) < 4.78 is 0. The van der Waals surface area contributed by atoms with Gasteiger partial charge in [-0.15, -0.1) is 6.42 Å². The third-order valence-electron chi connectivity index (χ3n) is 2.36. The Morgan fingerprint density at radius 1 is 1.25 bits per heavy atom. The minimum atomic E-state index is -0.385. The number of amides is 3. The lowest BCUT2D eigenvalue weighted by molar-refractivity contribution is -0.118. The first-order chi connectivity index (χ1) is 7.72. The van der Waals surface area contributed by atoms with Gasteiger partial charge in [-0.3, -0.25) is 4.79 Å². The highest BCUT2D eigenvalue weighted by molar-refractivity contribution is 6.15. The number of nitrogens with one attached hydrogen (secondary N) is 1. The molecule has 0 unspecified atom stereocenters. The maximum absolute atomic E-state index is 11.6. The number of imide groups is 1. The first-order valence-electron chi connectivity index (χ1n) is 4.90. The number of carbonyl (C=O) groups is 2. The van der Waals surface area contributed by atoms with Crippen LogP contribution in [0, 0.1) is 12.3 Å². The van der Waals surface area contributed by atoms with Crippen LogP contribution in [0.4, 0.5) is 10.5 Å². The monoisotopic (exact) mass is 214 g/mol. The summed E-state index contributed by atoms with van der Waals surface area (Å²) in [5.74, 6) is 2.28. The van der Waals surface area contributed by atoms with Crippen molar-refractivity contribution in [3.63, 3.8) is 0 Å². The Balaban J connectivity index is 2.31. The fourth-order valence-corrected chi connectivity index (χ4v) is 1.55. The zero-order chi connectivity index (χ0) is 11.5. The predicted octanol–water partition coefficient (Wildman–Crippen LogP) is 1.11. The summed E-state index contributed by atoms with van der Waals surface area (Å²) in [6.07, 6.45) is 5.55. The fraction of sp³-hybridized carbons (Fsp3) is 0.167. The van der Waals surface area contributed by atoms with E-state index in [9.17, 15) is 9.59 Å². The quantitative estimate of drug-likeness (QED) is 0.712. The van der Waals surface area contributed by atoms with Gasteiger partial charge in [-0.2, -0.15) is 0 Å². The number of urea groups is 1. The van der Waals surface area contributed by atoms with Crippen LogP contribution in [0.1, 0.15) is 12.0 Å². The summed E-state index contributed by atoms with van der Waals surface area (Å²) in [5.41, 5.74) is 1.26. The second-order valence-corrected chi connectivity index (χ2v) is 3.40. The van der Waals surface area contributed by atoms with Crippen molar-refractivity contribution in [2.24, 2.45) is 0 Å².